The van der Waals surface area contributed by atoms with Gasteiger partial charge in [0.1, 0.15) is 6.54 Å². The number of fused-ring (bicyclic) bond motifs is 1. The Morgan fingerprint density at radius 3 is 2.83 bits per heavy atom. The molecule has 0 aliphatic heterocycles. The number of aromatic nitrogens is 3. The fraction of sp³-hybridized carbons (Fsp3) is 0.353. The molecule has 2 aromatic heterocycles. The van der Waals surface area contributed by atoms with Crippen LogP contribution in [0.3, 0.4) is 0 Å². The van der Waals surface area contributed by atoms with E-state index >= 15 is 0 Å². The average Bonchev–Trinajstić information content (AvgIpc) is 3.17. The second-order valence-electron chi connectivity index (χ2n) is 5.81. The number of aliphatic hydroxyl groups excluding tert-OH is 1. The number of benzene rings is 1. The van der Waals surface area contributed by atoms with Crippen LogP contribution in [-0.4, -0.2) is 50.1 Å². The fourth-order valence-electron chi connectivity index (χ4n) is 2.54. The molecule has 0 fully saturated rings. The first kappa shape index (κ1) is 16.6. The van der Waals surface area contributed by atoms with Crippen LogP contribution in [0, 0.1) is 6.92 Å². The molecule has 6 nitrogen and oxygen atoms in total. The number of aryl methyl sites for hydroxylation is 1. The number of likely N-dealkylation sites (N-methyl/N-ethyl adjacent to an activating group) is 1. The first-order valence-corrected chi connectivity index (χ1v) is 8.63. The number of hydrogen-bond donors (Lipinski definition) is 1. The van der Waals surface area contributed by atoms with Gasteiger partial charge in [-0.3, -0.25) is 4.79 Å². The molecule has 24 heavy (non-hydrogen) atoms. The van der Waals surface area contributed by atoms with Gasteiger partial charge in [0, 0.05) is 7.05 Å². The summed E-state index contributed by atoms with van der Waals surface area (Å²) < 4.78 is 1.93. The first-order valence-electron chi connectivity index (χ1n) is 7.75. The summed E-state index contributed by atoms with van der Waals surface area (Å²) in [5.41, 5.74) is 4.46. The summed E-state index contributed by atoms with van der Waals surface area (Å²) in [4.78, 5) is 24.2. The van der Waals surface area contributed by atoms with Crippen molar-refractivity contribution in [3.8, 4) is 10.7 Å². The highest BCUT2D eigenvalue weighted by Crippen LogP contribution is 2.30. The Morgan fingerprint density at radius 1 is 1.42 bits per heavy atom. The molecule has 0 spiro atoms. The van der Waals surface area contributed by atoms with Crippen LogP contribution in [0.4, 0.5) is 0 Å². The number of thiazole rings is 1. The molecular weight excluding hydrogens is 324 g/mol. The number of aliphatic hydroxyl groups is 1. The van der Waals surface area contributed by atoms with Crippen molar-refractivity contribution in [1.82, 2.24) is 19.4 Å². The van der Waals surface area contributed by atoms with E-state index < -0.39 is 0 Å². The minimum absolute atomic E-state index is 0.0618. The van der Waals surface area contributed by atoms with Crippen molar-refractivity contribution in [1.29, 1.82) is 0 Å². The van der Waals surface area contributed by atoms with E-state index in [9.17, 15) is 9.90 Å². The first-order chi connectivity index (χ1) is 11.5. The molecule has 3 aromatic rings. The molecule has 2 heterocycles. The minimum Gasteiger partial charge on any atom is -0.394 e. The standard InChI is InChI=1S/C17H20N4O2S/c1-11(9-22)20(3)15(23)8-21-14-7-5-4-6-13(14)19-17(21)16-12(2)18-10-24-16/h4-7,10-11,22H,8-9H2,1-3H3. The molecule has 0 bridgehead atoms. The number of para-hydroxylation sites is 2. The average molecular weight is 344 g/mol. The van der Waals surface area contributed by atoms with E-state index in [1.54, 1.807) is 17.5 Å². The largest absolute Gasteiger partial charge is 0.394 e. The van der Waals surface area contributed by atoms with Crippen LogP contribution in [0.2, 0.25) is 0 Å². The van der Waals surface area contributed by atoms with Crippen molar-refractivity contribution < 1.29 is 9.90 Å². The van der Waals surface area contributed by atoms with E-state index in [0.29, 0.717) is 0 Å². The Kier molecular flexibility index (Phi) is 4.64. The molecule has 0 radical (unpaired) electrons. The third-order valence-corrected chi connectivity index (χ3v) is 5.14. The van der Waals surface area contributed by atoms with Gasteiger partial charge in [-0.2, -0.15) is 0 Å². The highest BCUT2D eigenvalue weighted by atomic mass is 32.1. The molecule has 126 valence electrons. The molecule has 0 aliphatic carbocycles. The van der Waals surface area contributed by atoms with Crippen LogP contribution in [0.1, 0.15) is 12.6 Å². The Balaban J connectivity index is 2.06. The summed E-state index contributed by atoms with van der Waals surface area (Å²) >= 11 is 1.52. The summed E-state index contributed by atoms with van der Waals surface area (Å²) in [6.07, 6.45) is 0. The third kappa shape index (κ3) is 2.92. The van der Waals surface area contributed by atoms with Crippen molar-refractivity contribution in [3.63, 3.8) is 0 Å². The van der Waals surface area contributed by atoms with Crippen molar-refractivity contribution in [2.24, 2.45) is 0 Å². The molecule has 0 saturated carbocycles. The maximum Gasteiger partial charge on any atom is 0.242 e. The van der Waals surface area contributed by atoms with Gasteiger partial charge in [0.15, 0.2) is 5.82 Å². The van der Waals surface area contributed by atoms with Crippen molar-refractivity contribution in [2.75, 3.05) is 13.7 Å². The summed E-state index contributed by atoms with van der Waals surface area (Å²) in [5.74, 6) is 0.692. The van der Waals surface area contributed by atoms with E-state index in [1.165, 1.54) is 11.3 Å². The normalized spacial score (nSPS) is 12.5. The summed E-state index contributed by atoms with van der Waals surface area (Å²) in [6.45, 7) is 3.87. The molecule has 7 heteroatoms. The Morgan fingerprint density at radius 2 is 2.17 bits per heavy atom. The van der Waals surface area contributed by atoms with Gasteiger partial charge in [-0.1, -0.05) is 12.1 Å². The number of carbonyl (C=O) groups excluding carboxylic acids is 1. The van der Waals surface area contributed by atoms with E-state index in [-0.39, 0.29) is 25.1 Å². The molecule has 3 rings (SSSR count). The van der Waals surface area contributed by atoms with E-state index in [1.807, 2.05) is 42.7 Å². The van der Waals surface area contributed by atoms with E-state index in [4.69, 9.17) is 4.98 Å². The molecule has 1 aromatic carbocycles. The van der Waals surface area contributed by atoms with Gasteiger partial charge >= 0.3 is 0 Å². The predicted molar refractivity (Wildman–Crippen MR) is 94.9 cm³/mol. The highest BCUT2D eigenvalue weighted by Gasteiger charge is 2.21. The quantitative estimate of drug-likeness (QED) is 0.771. The Labute approximate surface area is 144 Å². The van der Waals surface area contributed by atoms with Crippen LogP contribution in [0.15, 0.2) is 29.8 Å². The van der Waals surface area contributed by atoms with Gasteiger partial charge in [-0.15, -0.1) is 11.3 Å². The van der Waals surface area contributed by atoms with Gasteiger partial charge in [0.05, 0.1) is 39.8 Å². The number of amides is 1. The molecule has 0 saturated heterocycles. The topological polar surface area (TPSA) is 71.2 Å². The molecule has 1 amide bonds. The van der Waals surface area contributed by atoms with Gasteiger partial charge < -0.3 is 14.6 Å². The molecule has 1 atom stereocenters. The molecule has 1 unspecified atom stereocenters. The fourth-order valence-corrected chi connectivity index (χ4v) is 3.34. The number of imidazole rings is 1. The lowest BCUT2D eigenvalue weighted by atomic mass is 10.3. The number of hydrogen-bond acceptors (Lipinski definition) is 5. The highest BCUT2D eigenvalue weighted by molar-refractivity contribution is 7.13. The van der Waals surface area contributed by atoms with Crippen molar-refractivity contribution >= 4 is 28.3 Å². The van der Waals surface area contributed by atoms with Crippen LogP contribution < -0.4 is 0 Å². The smallest absolute Gasteiger partial charge is 0.242 e. The maximum atomic E-state index is 12.6. The summed E-state index contributed by atoms with van der Waals surface area (Å²) in [5, 5.41) is 9.27. The monoisotopic (exact) mass is 344 g/mol. The maximum absolute atomic E-state index is 12.6. The van der Waals surface area contributed by atoms with Crippen LogP contribution >= 0.6 is 11.3 Å². The predicted octanol–water partition coefficient (Wildman–Crippen LogP) is 2.31. The zero-order chi connectivity index (χ0) is 17.3. The second-order valence-corrected chi connectivity index (χ2v) is 6.67. The summed E-state index contributed by atoms with van der Waals surface area (Å²) in [7, 11) is 1.71. The number of rotatable bonds is 5. The number of carbonyl (C=O) groups is 1. The zero-order valence-electron chi connectivity index (χ0n) is 13.9. The lowest BCUT2D eigenvalue weighted by Crippen LogP contribution is -2.39. The lowest BCUT2D eigenvalue weighted by molar-refractivity contribution is -0.132. The second kappa shape index (κ2) is 6.70. The van der Waals surface area contributed by atoms with Gasteiger partial charge in [0.25, 0.3) is 0 Å². The third-order valence-electron chi connectivity index (χ3n) is 4.22. The Hall–Kier alpha value is -2.25. The van der Waals surface area contributed by atoms with Crippen molar-refractivity contribution in [3.05, 3.63) is 35.5 Å². The Bertz CT molecular complexity index is 870. The van der Waals surface area contributed by atoms with Crippen LogP contribution in [0.25, 0.3) is 21.7 Å². The van der Waals surface area contributed by atoms with Gasteiger partial charge in [-0.05, 0) is 26.0 Å². The summed E-state index contributed by atoms with van der Waals surface area (Å²) in [6, 6.07) is 7.56. The van der Waals surface area contributed by atoms with Crippen molar-refractivity contribution in [2.45, 2.75) is 26.4 Å². The number of nitrogens with zero attached hydrogens (tertiary/aromatic N) is 4. The molecular formula is C17H20N4O2S. The minimum atomic E-state index is -0.221. The van der Waals surface area contributed by atoms with Gasteiger partial charge in [-0.25, -0.2) is 9.97 Å². The SMILES string of the molecule is Cc1ncsc1-c1nc2ccccc2n1CC(=O)N(C)C(C)CO. The van der Waals surface area contributed by atoms with Crippen LogP contribution in [-0.2, 0) is 11.3 Å². The lowest BCUT2D eigenvalue weighted by Gasteiger charge is -2.23. The molecule has 0 aliphatic rings. The van der Waals surface area contributed by atoms with E-state index in [0.717, 1.165) is 27.4 Å². The zero-order valence-corrected chi connectivity index (χ0v) is 14.7. The molecule has 1 N–H and O–H groups in total. The van der Waals surface area contributed by atoms with Gasteiger partial charge in [0.2, 0.25) is 5.91 Å². The van der Waals surface area contributed by atoms with Crippen LogP contribution in [0.5, 0.6) is 0 Å². The van der Waals surface area contributed by atoms with E-state index in [2.05, 4.69) is 4.98 Å².